The second-order valence-electron chi connectivity index (χ2n) is 9.33. The molecule has 1 aliphatic heterocycles. The Labute approximate surface area is 232 Å². The third-order valence-electron chi connectivity index (χ3n) is 6.71. The second-order valence-corrected chi connectivity index (χ2v) is 9.72. The van der Waals surface area contributed by atoms with Gasteiger partial charge in [0, 0.05) is 42.4 Å². The van der Waals surface area contributed by atoms with Gasteiger partial charge in [0.05, 0.1) is 30.5 Å². The molecule has 0 unspecified atom stereocenters. The van der Waals surface area contributed by atoms with Gasteiger partial charge in [-0.05, 0) is 79.3 Å². The van der Waals surface area contributed by atoms with Crippen LogP contribution >= 0.6 is 12.2 Å². The van der Waals surface area contributed by atoms with Crippen LogP contribution in [-0.2, 0) is 9.53 Å². The molecule has 1 fully saturated rings. The number of anilines is 1. The lowest BCUT2D eigenvalue weighted by molar-refractivity contribution is -0.116. The van der Waals surface area contributed by atoms with E-state index in [0.29, 0.717) is 17.2 Å². The Hall–Kier alpha value is -4.50. The molecule has 1 saturated heterocycles. The zero-order chi connectivity index (χ0) is 27.4. The number of ether oxygens (including phenoxy) is 1. The number of methoxy groups -OCH3 is 1. The smallest absolute Gasteiger partial charge is 0.337 e. The number of nitrogens with one attached hydrogen (secondary N) is 2. The number of aryl methyl sites for hydroxylation is 1. The molecule has 0 spiro atoms. The van der Waals surface area contributed by atoms with Gasteiger partial charge in [-0.2, -0.15) is 0 Å². The van der Waals surface area contributed by atoms with Crippen molar-refractivity contribution in [2.45, 2.75) is 25.4 Å². The van der Waals surface area contributed by atoms with Gasteiger partial charge in [0.25, 0.3) is 0 Å². The Bertz CT molecular complexity index is 1500. The number of carbonyl (C=O) groups excluding carboxylic acids is 2. The number of rotatable bonds is 8. The Kier molecular flexibility index (Phi) is 7.69. The highest BCUT2D eigenvalue weighted by molar-refractivity contribution is 7.80. The highest BCUT2D eigenvalue weighted by Gasteiger charge is 2.41. The largest absolute Gasteiger partial charge is 0.465 e. The van der Waals surface area contributed by atoms with Crippen molar-refractivity contribution in [3.8, 4) is 5.69 Å². The van der Waals surface area contributed by atoms with E-state index in [2.05, 4.69) is 15.6 Å². The topological polar surface area (TPSA) is 88.5 Å². The summed E-state index contributed by atoms with van der Waals surface area (Å²) < 4.78 is 6.95. The summed E-state index contributed by atoms with van der Waals surface area (Å²) in [6.07, 6.45) is 3.96. The molecule has 2 aromatic carbocycles. The van der Waals surface area contributed by atoms with E-state index in [1.807, 2.05) is 89.3 Å². The normalized spacial score (nSPS) is 16.6. The number of pyridine rings is 1. The standard InChI is InChI=1S/C30H29N5O3S/c1-20-8-5-10-22(18-20)32-26(36)14-17-35-28(27(33-30(35)39)24-12-3-4-15-31-24)25-13-7-16-34(25)23-11-6-9-21(19-23)29(37)38-2/h3-13,15-16,18-19,27-28H,14,17H2,1-2H3,(H,32,36)(H,33,39)/t27-,28-/m1/s1. The van der Waals surface area contributed by atoms with Gasteiger partial charge in [-0.3, -0.25) is 9.78 Å². The first kappa shape index (κ1) is 26.1. The Morgan fingerprint density at radius 1 is 1.05 bits per heavy atom. The van der Waals surface area contributed by atoms with E-state index in [1.54, 1.807) is 18.3 Å². The van der Waals surface area contributed by atoms with Gasteiger partial charge < -0.3 is 24.8 Å². The molecule has 0 bridgehead atoms. The summed E-state index contributed by atoms with van der Waals surface area (Å²) in [7, 11) is 1.37. The predicted molar refractivity (Wildman–Crippen MR) is 154 cm³/mol. The number of esters is 1. The molecule has 9 heteroatoms. The molecule has 2 aromatic heterocycles. The van der Waals surface area contributed by atoms with Gasteiger partial charge in [0.1, 0.15) is 0 Å². The zero-order valence-corrected chi connectivity index (χ0v) is 22.5. The number of benzene rings is 2. The van der Waals surface area contributed by atoms with Crippen LogP contribution in [0.3, 0.4) is 0 Å². The number of hydrogen-bond acceptors (Lipinski definition) is 5. The summed E-state index contributed by atoms with van der Waals surface area (Å²) >= 11 is 5.78. The third kappa shape index (κ3) is 5.68. The molecule has 5 rings (SSSR count). The first-order valence-electron chi connectivity index (χ1n) is 12.6. The molecule has 39 heavy (non-hydrogen) atoms. The molecule has 198 valence electrons. The fourth-order valence-electron chi connectivity index (χ4n) is 4.91. The first-order chi connectivity index (χ1) is 18.9. The lowest BCUT2D eigenvalue weighted by atomic mass is 10.0. The fourth-order valence-corrected chi connectivity index (χ4v) is 5.24. The Morgan fingerprint density at radius 2 is 1.90 bits per heavy atom. The van der Waals surface area contributed by atoms with E-state index < -0.39 is 5.97 Å². The van der Waals surface area contributed by atoms with Crippen molar-refractivity contribution >= 4 is 34.9 Å². The fraction of sp³-hybridized carbons (Fsp3) is 0.200. The second kappa shape index (κ2) is 11.5. The van der Waals surface area contributed by atoms with Crippen LogP contribution in [-0.4, -0.2) is 45.1 Å². The van der Waals surface area contributed by atoms with Crippen molar-refractivity contribution in [3.63, 3.8) is 0 Å². The molecule has 1 amide bonds. The van der Waals surface area contributed by atoms with Gasteiger partial charge in [0.15, 0.2) is 5.11 Å². The van der Waals surface area contributed by atoms with Crippen molar-refractivity contribution in [1.29, 1.82) is 0 Å². The van der Waals surface area contributed by atoms with E-state index in [4.69, 9.17) is 17.0 Å². The van der Waals surface area contributed by atoms with Gasteiger partial charge in [-0.25, -0.2) is 4.79 Å². The molecule has 8 nitrogen and oxygen atoms in total. The van der Waals surface area contributed by atoms with Crippen LogP contribution in [0.4, 0.5) is 5.69 Å². The lowest BCUT2D eigenvalue weighted by Gasteiger charge is -2.29. The minimum atomic E-state index is -0.401. The molecule has 4 aromatic rings. The average molecular weight is 540 g/mol. The summed E-state index contributed by atoms with van der Waals surface area (Å²) in [5.41, 5.74) is 4.90. The molecular weight excluding hydrogens is 510 g/mol. The number of amides is 1. The highest BCUT2D eigenvalue weighted by Crippen LogP contribution is 2.39. The van der Waals surface area contributed by atoms with E-state index in [1.165, 1.54) is 7.11 Å². The quantitative estimate of drug-likeness (QED) is 0.241. The summed E-state index contributed by atoms with van der Waals surface area (Å²) in [5.74, 6) is -0.494. The predicted octanol–water partition coefficient (Wildman–Crippen LogP) is 4.97. The number of thiocarbonyl (C=S) groups is 1. The van der Waals surface area contributed by atoms with Crippen molar-refractivity contribution in [3.05, 3.63) is 114 Å². The van der Waals surface area contributed by atoms with Gasteiger partial charge in [-0.15, -0.1) is 0 Å². The molecule has 3 heterocycles. The van der Waals surface area contributed by atoms with Gasteiger partial charge in [0.2, 0.25) is 5.91 Å². The maximum absolute atomic E-state index is 12.9. The number of carbonyl (C=O) groups is 2. The Morgan fingerprint density at radius 3 is 2.67 bits per heavy atom. The van der Waals surface area contributed by atoms with E-state index in [-0.39, 0.29) is 24.4 Å². The van der Waals surface area contributed by atoms with Crippen molar-refractivity contribution < 1.29 is 14.3 Å². The van der Waals surface area contributed by atoms with Gasteiger partial charge in [-0.1, -0.05) is 24.3 Å². The van der Waals surface area contributed by atoms with Crippen molar-refractivity contribution in [2.75, 3.05) is 19.0 Å². The summed E-state index contributed by atoms with van der Waals surface area (Å²) in [6.45, 7) is 2.40. The van der Waals surface area contributed by atoms with Crippen LogP contribution < -0.4 is 10.6 Å². The molecule has 2 atom stereocenters. The van der Waals surface area contributed by atoms with Crippen LogP contribution in [0, 0.1) is 6.92 Å². The van der Waals surface area contributed by atoms with Crippen molar-refractivity contribution in [2.24, 2.45) is 0 Å². The maximum Gasteiger partial charge on any atom is 0.337 e. The lowest BCUT2D eigenvalue weighted by Crippen LogP contribution is -2.33. The Balaban J connectivity index is 1.46. The zero-order valence-electron chi connectivity index (χ0n) is 21.7. The minimum absolute atomic E-state index is 0.0930. The molecule has 0 saturated carbocycles. The van der Waals surface area contributed by atoms with Crippen LogP contribution in [0.5, 0.6) is 0 Å². The van der Waals surface area contributed by atoms with E-state index in [9.17, 15) is 9.59 Å². The SMILES string of the molecule is COC(=O)c1cccc(-n2cccc2[C@@H]2[C@@H](c3ccccn3)NC(=S)N2CCC(=O)Nc2cccc(C)c2)c1. The minimum Gasteiger partial charge on any atom is -0.465 e. The number of aromatic nitrogens is 2. The molecule has 2 N–H and O–H groups in total. The van der Waals surface area contributed by atoms with E-state index in [0.717, 1.165) is 28.3 Å². The van der Waals surface area contributed by atoms with Crippen LogP contribution in [0.25, 0.3) is 5.69 Å². The third-order valence-corrected chi connectivity index (χ3v) is 7.06. The molecule has 0 radical (unpaired) electrons. The molecule has 1 aliphatic rings. The summed E-state index contributed by atoms with van der Waals surface area (Å²) in [4.78, 5) is 31.7. The van der Waals surface area contributed by atoms with Gasteiger partial charge >= 0.3 is 5.97 Å². The van der Waals surface area contributed by atoms with Crippen LogP contribution in [0.2, 0.25) is 0 Å². The molecule has 0 aliphatic carbocycles. The van der Waals surface area contributed by atoms with Crippen LogP contribution in [0.15, 0.2) is 91.3 Å². The summed E-state index contributed by atoms with van der Waals surface area (Å²) in [5, 5.41) is 6.97. The monoisotopic (exact) mass is 539 g/mol. The van der Waals surface area contributed by atoms with Crippen molar-refractivity contribution in [1.82, 2.24) is 19.8 Å². The number of hydrogen-bond donors (Lipinski definition) is 2. The first-order valence-corrected chi connectivity index (χ1v) is 13.1. The summed E-state index contributed by atoms with van der Waals surface area (Å²) in [6, 6.07) is 24.3. The van der Waals surface area contributed by atoms with Crippen LogP contribution in [0.1, 0.15) is 45.8 Å². The number of nitrogens with zero attached hydrogens (tertiary/aromatic N) is 3. The molecular formula is C30H29N5O3S. The average Bonchev–Trinajstić information content (AvgIpc) is 3.56. The maximum atomic E-state index is 12.9. The highest BCUT2D eigenvalue weighted by atomic mass is 32.1. The van der Waals surface area contributed by atoms with E-state index >= 15 is 0 Å².